The molecule has 14 nitrogen and oxygen atoms in total. The molecule has 5 atom stereocenters. The van der Waals surface area contributed by atoms with E-state index in [0.717, 1.165) is 85.1 Å². The normalized spacial score (nSPS) is 23.0. The van der Waals surface area contributed by atoms with E-state index in [1.807, 2.05) is 61.6 Å². The fraction of sp³-hybridized carbons (Fsp3) is 0.562. The number of amides is 1. The fourth-order valence-corrected chi connectivity index (χ4v) is 9.20. The van der Waals surface area contributed by atoms with E-state index in [2.05, 4.69) is 41.3 Å². The van der Waals surface area contributed by atoms with Crippen molar-refractivity contribution in [3.63, 3.8) is 0 Å². The first-order valence-electron chi connectivity index (χ1n) is 21.8. The minimum absolute atomic E-state index is 0.204. The van der Waals surface area contributed by atoms with Crippen LogP contribution in [0.1, 0.15) is 109 Å². The highest BCUT2D eigenvalue weighted by Crippen LogP contribution is 2.41. The van der Waals surface area contributed by atoms with Crippen molar-refractivity contribution in [1.29, 1.82) is 0 Å². The van der Waals surface area contributed by atoms with E-state index in [0.29, 0.717) is 6.42 Å². The number of aryl methyl sites for hydroxylation is 1. The molecule has 0 saturated carbocycles. The Bertz CT molecular complexity index is 2110. The molecule has 4 heterocycles. The summed E-state index contributed by atoms with van der Waals surface area (Å²) < 4.78 is 36.4. The zero-order chi connectivity index (χ0) is 44.8. The number of esters is 4. The Kier molecular flexibility index (Phi) is 14.8. The molecule has 0 bridgehead atoms. The Morgan fingerprint density at radius 1 is 0.823 bits per heavy atom. The van der Waals surface area contributed by atoms with Crippen LogP contribution in [0.15, 0.2) is 54.7 Å². The van der Waals surface area contributed by atoms with E-state index in [1.165, 1.54) is 40.5 Å². The third-order valence-corrected chi connectivity index (χ3v) is 11.9. The van der Waals surface area contributed by atoms with E-state index in [9.17, 15) is 24.0 Å². The quantitative estimate of drug-likeness (QED) is 0.133. The Labute approximate surface area is 364 Å². The number of hydrogen-bond donors (Lipinski definition) is 0. The third kappa shape index (κ3) is 11.8. The SMILES string of the molecule is CC(=O)OC[C@H]1O[C@@H](n2cc(Cc3ccc(/C=C/CCN4CCCC5(CCN(C(=O)OC(C)(C)C)CC5)C4)cc3)c3c(C)cccc32)[C@@H](OC(C)=O)[C@H](OC(C)=O)[C@@H]1OC(C)=O. The number of ether oxygens (including phenoxy) is 6. The van der Waals surface area contributed by atoms with Gasteiger partial charge in [0, 0.05) is 65.5 Å². The number of benzene rings is 2. The number of nitrogens with zero attached hydrogens (tertiary/aromatic N) is 3. The summed E-state index contributed by atoms with van der Waals surface area (Å²) in [5.41, 5.74) is 4.77. The van der Waals surface area contributed by atoms with E-state index in [-0.39, 0.29) is 18.1 Å². The Balaban J connectivity index is 1.15. The van der Waals surface area contributed by atoms with Crippen LogP contribution < -0.4 is 0 Å². The van der Waals surface area contributed by atoms with E-state index in [1.54, 1.807) is 0 Å². The van der Waals surface area contributed by atoms with Crippen molar-refractivity contribution >= 4 is 46.9 Å². The predicted octanol–water partition coefficient (Wildman–Crippen LogP) is 7.31. The Morgan fingerprint density at radius 3 is 2.13 bits per heavy atom. The average molecular weight is 858 g/mol. The molecule has 0 N–H and O–H groups in total. The van der Waals surface area contributed by atoms with Gasteiger partial charge in [-0.1, -0.05) is 48.6 Å². The molecule has 1 aromatic heterocycles. The van der Waals surface area contributed by atoms with Crippen LogP contribution in [0, 0.1) is 12.3 Å². The topological polar surface area (TPSA) is 152 Å². The summed E-state index contributed by atoms with van der Waals surface area (Å²) in [5, 5.41) is 0.984. The second kappa shape index (κ2) is 19.9. The maximum atomic E-state index is 12.6. The first-order chi connectivity index (χ1) is 29.4. The summed E-state index contributed by atoms with van der Waals surface area (Å²) in [6.07, 6.45) is 6.21. The van der Waals surface area contributed by atoms with Gasteiger partial charge in [0.2, 0.25) is 0 Å². The van der Waals surface area contributed by atoms with Gasteiger partial charge in [-0.2, -0.15) is 0 Å². The standard InChI is InChI=1S/C48H63N3O11/c1-31-13-11-15-39-41(31)38(28-51(39)45-44(60-35(5)55)43(59-34(4)54)42(58-33(3)53)40(61-45)29-57-32(2)52)27-37-18-16-36(17-19-37)14-9-10-23-49-24-12-20-48(30-49)21-25-50(26-22-48)46(56)62-47(6,7)8/h9,11,13-19,28,40,42-45H,10,12,20-27,29-30H2,1-8H3/b14-9+/t40-,42-,43-,44+,45-/m1/s1. The van der Waals surface area contributed by atoms with Gasteiger partial charge >= 0.3 is 30.0 Å². The lowest BCUT2D eigenvalue weighted by molar-refractivity contribution is -0.267. The molecule has 0 radical (unpaired) electrons. The summed E-state index contributed by atoms with van der Waals surface area (Å²) in [6.45, 7) is 17.0. The van der Waals surface area contributed by atoms with Crippen molar-refractivity contribution in [3.8, 4) is 0 Å². The van der Waals surface area contributed by atoms with E-state index < -0.39 is 60.1 Å². The van der Waals surface area contributed by atoms with Gasteiger partial charge in [-0.25, -0.2) is 4.79 Å². The molecule has 3 saturated heterocycles. The largest absolute Gasteiger partial charge is 0.463 e. The predicted molar refractivity (Wildman–Crippen MR) is 232 cm³/mol. The second-order valence-electron chi connectivity index (χ2n) is 18.1. The molecule has 2 aromatic carbocycles. The van der Waals surface area contributed by atoms with Gasteiger partial charge in [0.1, 0.15) is 18.3 Å². The van der Waals surface area contributed by atoms with Crippen molar-refractivity contribution in [2.75, 3.05) is 39.3 Å². The lowest BCUT2D eigenvalue weighted by Crippen LogP contribution is -2.60. The zero-order valence-corrected chi connectivity index (χ0v) is 37.5. The van der Waals surface area contributed by atoms with Crippen molar-refractivity contribution < 1.29 is 52.4 Å². The van der Waals surface area contributed by atoms with Crippen LogP contribution >= 0.6 is 0 Å². The van der Waals surface area contributed by atoms with Crippen LogP contribution in [-0.2, 0) is 54.0 Å². The summed E-state index contributed by atoms with van der Waals surface area (Å²) in [6, 6.07) is 14.4. The van der Waals surface area contributed by atoms with Crippen LogP contribution in [0.5, 0.6) is 0 Å². The van der Waals surface area contributed by atoms with Gasteiger partial charge in [-0.05, 0) is 106 Å². The molecule has 3 aromatic rings. The zero-order valence-electron chi connectivity index (χ0n) is 37.5. The first kappa shape index (κ1) is 46.3. The molecule has 0 unspecified atom stereocenters. The van der Waals surface area contributed by atoms with Gasteiger partial charge in [-0.3, -0.25) is 19.2 Å². The van der Waals surface area contributed by atoms with E-state index >= 15 is 0 Å². The smallest absolute Gasteiger partial charge is 0.410 e. The summed E-state index contributed by atoms with van der Waals surface area (Å²) in [5.74, 6) is -2.60. The maximum absolute atomic E-state index is 12.6. The van der Waals surface area contributed by atoms with Crippen molar-refractivity contribution in [2.24, 2.45) is 5.41 Å². The van der Waals surface area contributed by atoms with Crippen molar-refractivity contribution in [3.05, 3.63) is 77.0 Å². The number of fused-ring (bicyclic) bond motifs is 1. The molecule has 6 rings (SSSR count). The van der Waals surface area contributed by atoms with E-state index in [4.69, 9.17) is 28.4 Å². The second-order valence-corrected chi connectivity index (χ2v) is 18.1. The van der Waals surface area contributed by atoms with Crippen LogP contribution in [0.2, 0.25) is 0 Å². The van der Waals surface area contributed by atoms with Crippen molar-refractivity contribution in [2.45, 2.75) is 130 Å². The number of rotatable bonds is 12. The number of carbonyl (C=O) groups is 5. The summed E-state index contributed by atoms with van der Waals surface area (Å²) >= 11 is 0. The molecule has 1 spiro atoms. The number of likely N-dealkylation sites (tertiary alicyclic amines) is 2. The summed E-state index contributed by atoms with van der Waals surface area (Å²) in [4.78, 5) is 66.3. The van der Waals surface area contributed by atoms with Gasteiger partial charge < -0.3 is 42.8 Å². The Hall–Kier alpha value is -5.21. The monoisotopic (exact) mass is 857 g/mol. The molecule has 62 heavy (non-hydrogen) atoms. The number of aromatic nitrogens is 1. The molecule has 3 fully saturated rings. The molecular formula is C48H63N3O11. The highest BCUT2D eigenvalue weighted by Gasteiger charge is 2.53. The molecule has 3 aliphatic heterocycles. The molecule has 14 heteroatoms. The van der Waals surface area contributed by atoms with Gasteiger partial charge in [0.25, 0.3) is 0 Å². The van der Waals surface area contributed by atoms with Gasteiger partial charge in [0.15, 0.2) is 24.5 Å². The molecule has 336 valence electrons. The minimum Gasteiger partial charge on any atom is -0.463 e. The molecule has 1 amide bonds. The van der Waals surface area contributed by atoms with Gasteiger partial charge in [-0.15, -0.1) is 0 Å². The lowest BCUT2D eigenvalue weighted by Gasteiger charge is -2.47. The Morgan fingerprint density at radius 2 is 1.48 bits per heavy atom. The maximum Gasteiger partial charge on any atom is 0.410 e. The molecular weight excluding hydrogens is 795 g/mol. The highest BCUT2D eigenvalue weighted by molar-refractivity contribution is 5.87. The number of piperidine rings is 2. The number of hydrogen-bond acceptors (Lipinski definition) is 12. The van der Waals surface area contributed by atoms with Gasteiger partial charge in [0.05, 0.1) is 5.52 Å². The molecule has 3 aliphatic rings. The lowest BCUT2D eigenvalue weighted by atomic mass is 9.72. The van der Waals surface area contributed by atoms with Crippen LogP contribution in [0.4, 0.5) is 4.79 Å². The van der Waals surface area contributed by atoms with Crippen molar-refractivity contribution in [1.82, 2.24) is 14.4 Å². The minimum atomic E-state index is -1.28. The molecule has 0 aliphatic carbocycles. The summed E-state index contributed by atoms with van der Waals surface area (Å²) in [7, 11) is 0. The fourth-order valence-electron chi connectivity index (χ4n) is 9.20. The average Bonchev–Trinajstić information content (AvgIpc) is 3.56. The van der Waals surface area contributed by atoms with Crippen LogP contribution in [0.3, 0.4) is 0 Å². The number of carbonyl (C=O) groups excluding carboxylic acids is 5. The van der Waals surface area contributed by atoms with Crippen LogP contribution in [0.25, 0.3) is 17.0 Å². The third-order valence-electron chi connectivity index (χ3n) is 11.9. The van der Waals surface area contributed by atoms with Crippen LogP contribution in [-0.4, -0.2) is 114 Å². The highest BCUT2D eigenvalue weighted by atomic mass is 16.7. The first-order valence-corrected chi connectivity index (χ1v) is 21.8.